The summed E-state index contributed by atoms with van der Waals surface area (Å²) in [6, 6.07) is 9.08. The number of rotatable bonds is 2. The number of halogens is 1. The highest BCUT2D eigenvalue weighted by molar-refractivity contribution is 9.10. The highest BCUT2D eigenvalue weighted by Crippen LogP contribution is 2.06. The van der Waals surface area contributed by atoms with Gasteiger partial charge in [0.15, 0.2) is 0 Å². The van der Waals surface area contributed by atoms with Gasteiger partial charge in [0.25, 0.3) is 5.56 Å². The molecule has 0 unspecified atom stereocenters. The summed E-state index contributed by atoms with van der Waals surface area (Å²) in [7, 11) is 0. The van der Waals surface area contributed by atoms with E-state index in [1.807, 2.05) is 25.1 Å². The Morgan fingerprint density at radius 3 is 2.88 bits per heavy atom. The van der Waals surface area contributed by atoms with E-state index in [1.165, 1.54) is 0 Å². The lowest BCUT2D eigenvalue weighted by Gasteiger charge is -2.05. The van der Waals surface area contributed by atoms with Gasteiger partial charge in [0, 0.05) is 22.4 Å². The number of aromatic nitrogens is 2. The molecule has 2 rings (SSSR count). The number of hydrogen-bond donors (Lipinski definition) is 0. The third-order valence-corrected chi connectivity index (χ3v) is 2.69. The van der Waals surface area contributed by atoms with Crippen LogP contribution in [0.3, 0.4) is 0 Å². The second-order valence-corrected chi connectivity index (χ2v) is 4.50. The smallest absolute Gasteiger partial charge is 0.250 e. The van der Waals surface area contributed by atoms with E-state index in [0.29, 0.717) is 6.54 Å². The molecule has 0 saturated heterocycles. The number of pyridine rings is 2. The molecule has 2 aromatic heterocycles. The highest BCUT2D eigenvalue weighted by Gasteiger charge is 2.00. The number of nitrogens with zero attached hydrogens (tertiary/aromatic N) is 2. The average molecular weight is 279 g/mol. The van der Waals surface area contributed by atoms with Crippen molar-refractivity contribution in [2.45, 2.75) is 13.5 Å². The quantitative estimate of drug-likeness (QED) is 0.845. The van der Waals surface area contributed by atoms with Crippen LogP contribution in [0, 0.1) is 6.92 Å². The van der Waals surface area contributed by atoms with E-state index in [0.717, 1.165) is 15.9 Å². The van der Waals surface area contributed by atoms with Gasteiger partial charge in [-0.1, -0.05) is 6.07 Å². The molecule has 0 aromatic carbocycles. The van der Waals surface area contributed by atoms with Gasteiger partial charge in [-0.15, -0.1) is 0 Å². The Bertz CT molecular complexity index is 563. The number of aryl methyl sites for hydroxylation is 1. The lowest BCUT2D eigenvalue weighted by molar-refractivity contribution is 0.734. The van der Waals surface area contributed by atoms with Crippen LogP contribution in [-0.2, 0) is 6.54 Å². The summed E-state index contributed by atoms with van der Waals surface area (Å²) in [6.07, 6.45) is 1.77. The van der Waals surface area contributed by atoms with Crippen LogP contribution in [0.1, 0.15) is 11.4 Å². The van der Waals surface area contributed by atoms with Gasteiger partial charge < -0.3 is 4.57 Å². The average Bonchev–Trinajstić information content (AvgIpc) is 2.24. The van der Waals surface area contributed by atoms with Crippen LogP contribution in [0.4, 0.5) is 0 Å². The van der Waals surface area contributed by atoms with Crippen molar-refractivity contribution < 1.29 is 0 Å². The van der Waals surface area contributed by atoms with Gasteiger partial charge in [0.2, 0.25) is 0 Å². The third kappa shape index (κ3) is 2.58. The van der Waals surface area contributed by atoms with Gasteiger partial charge in [-0.25, -0.2) is 0 Å². The van der Waals surface area contributed by atoms with Gasteiger partial charge in [0.1, 0.15) is 0 Å². The molecule has 0 atom stereocenters. The van der Waals surface area contributed by atoms with Gasteiger partial charge in [-0.2, -0.15) is 0 Å². The Labute approximate surface area is 102 Å². The minimum Gasteiger partial charge on any atom is -0.308 e. The van der Waals surface area contributed by atoms with Crippen molar-refractivity contribution in [3.05, 3.63) is 62.7 Å². The molecular weight excluding hydrogens is 268 g/mol. The third-order valence-electron chi connectivity index (χ3n) is 2.23. The van der Waals surface area contributed by atoms with Crippen molar-refractivity contribution in [2.24, 2.45) is 0 Å². The molecule has 0 spiro atoms. The predicted octanol–water partition coefficient (Wildman–Crippen LogP) is 2.36. The molecule has 3 nitrogen and oxygen atoms in total. The van der Waals surface area contributed by atoms with Crippen molar-refractivity contribution in [1.82, 2.24) is 9.55 Å². The van der Waals surface area contributed by atoms with Crippen molar-refractivity contribution >= 4 is 15.9 Å². The molecule has 0 radical (unpaired) electrons. The maximum atomic E-state index is 11.6. The summed E-state index contributed by atoms with van der Waals surface area (Å²) in [5.41, 5.74) is 1.83. The molecule has 2 heterocycles. The minimum atomic E-state index is -0.0218. The summed E-state index contributed by atoms with van der Waals surface area (Å²) in [5, 5.41) is 0. The van der Waals surface area contributed by atoms with Crippen LogP contribution >= 0.6 is 15.9 Å². The molecule has 82 valence electrons. The molecule has 0 amide bonds. The van der Waals surface area contributed by atoms with Gasteiger partial charge in [-0.05, 0) is 41.1 Å². The van der Waals surface area contributed by atoms with Gasteiger partial charge in [0.05, 0.1) is 12.2 Å². The zero-order valence-corrected chi connectivity index (χ0v) is 10.4. The molecule has 2 aromatic rings. The molecule has 0 N–H and O–H groups in total. The second kappa shape index (κ2) is 4.61. The zero-order chi connectivity index (χ0) is 11.5. The molecule has 0 saturated carbocycles. The van der Waals surface area contributed by atoms with Crippen LogP contribution < -0.4 is 5.56 Å². The molecule has 0 aliphatic heterocycles. The van der Waals surface area contributed by atoms with Crippen molar-refractivity contribution in [3.63, 3.8) is 0 Å². The largest absolute Gasteiger partial charge is 0.308 e. The molecule has 4 heteroatoms. The lowest BCUT2D eigenvalue weighted by atomic mass is 10.3. The van der Waals surface area contributed by atoms with Crippen LogP contribution in [0.25, 0.3) is 0 Å². The van der Waals surface area contributed by atoms with Crippen LogP contribution in [0.15, 0.2) is 45.8 Å². The summed E-state index contributed by atoms with van der Waals surface area (Å²) >= 11 is 3.34. The fourth-order valence-electron chi connectivity index (χ4n) is 1.49. The van der Waals surface area contributed by atoms with Crippen LogP contribution in [-0.4, -0.2) is 9.55 Å². The fraction of sp³-hybridized carbons (Fsp3) is 0.167. The first-order valence-corrected chi connectivity index (χ1v) is 5.73. The second-order valence-electron chi connectivity index (χ2n) is 3.58. The fourth-order valence-corrected chi connectivity index (χ4v) is 1.87. The summed E-state index contributed by atoms with van der Waals surface area (Å²) in [6.45, 7) is 2.44. The summed E-state index contributed by atoms with van der Waals surface area (Å²) < 4.78 is 2.52. The highest BCUT2D eigenvalue weighted by atomic mass is 79.9. The lowest BCUT2D eigenvalue weighted by Crippen LogP contribution is -2.19. The monoisotopic (exact) mass is 278 g/mol. The zero-order valence-electron chi connectivity index (χ0n) is 8.85. The normalized spacial score (nSPS) is 10.4. The molecule has 0 aliphatic carbocycles. The topological polar surface area (TPSA) is 34.9 Å². The van der Waals surface area contributed by atoms with Crippen LogP contribution in [0.5, 0.6) is 0 Å². The van der Waals surface area contributed by atoms with E-state index < -0.39 is 0 Å². The Hall–Kier alpha value is -1.42. The first-order chi connectivity index (χ1) is 7.65. The van der Waals surface area contributed by atoms with Crippen LogP contribution in [0.2, 0.25) is 0 Å². The summed E-state index contributed by atoms with van der Waals surface area (Å²) in [5.74, 6) is 0. The van der Waals surface area contributed by atoms with E-state index in [9.17, 15) is 4.79 Å². The Morgan fingerprint density at radius 2 is 2.12 bits per heavy atom. The Kier molecular flexibility index (Phi) is 3.19. The minimum absolute atomic E-state index is 0.0218. The van der Waals surface area contributed by atoms with E-state index in [1.54, 1.807) is 22.9 Å². The van der Waals surface area contributed by atoms with E-state index in [-0.39, 0.29) is 5.56 Å². The summed E-state index contributed by atoms with van der Waals surface area (Å²) in [4.78, 5) is 15.9. The van der Waals surface area contributed by atoms with Gasteiger partial charge >= 0.3 is 0 Å². The van der Waals surface area contributed by atoms with Crippen molar-refractivity contribution in [1.29, 1.82) is 0 Å². The Balaban J connectivity index is 2.34. The molecule has 0 bridgehead atoms. The predicted molar refractivity (Wildman–Crippen MR) is 66.5 cm³/mol. The maximum Gasteiger partial charge on any atom is 0.250 e. The van der Waals surface area contributed by atoms with Crippen molar-refractivity contribution in [2.75, 3.05) is 0 Å². The first-order valence-electron chi connectivity index (χ1n) is 4.94. The number of hydrogen-bond acceptors (Lipinski definition) is 2. The van der Waals surface area contributed by atoms with Gasteiger partial charge in [-0.3, -0.25) is 9.78 Å². The molecule has 0 fully saturated rings. The standard InChI is InChI=1S/C12H11BrN2O/c1-9-3-2-4-11(14-9)8-15-7-10(13)5-6-12(15)16/h2-7H,8H2,1H3. The van der Waals surface area contributed by atoms with E-state index in [4.69, 9.17) is 0 Å². The molecular formula is C12H11BrN2O. The molecule has 16 heavy (non-hydrogen) atoms. The van der Waals surface area contributed by atoms with E-state index >= 15 is 0 Å². The molecule has 0 aliphatic rings. The first kappa shape index (κ1) is 11.1. The Morgan fingerprint density at radius 1 is 1.31 bits per heavy atom. The SMILES string of the molecule is Cc1cccc(Cn2cc(Br)ccc2=O)n1. The van der Waals surface area contributed by atoms with Crippen molar-refractivity contribution in [3.8, 4) is 0 Å². The van der Waals surface area contributed by atoms with E-state index in [2.05, 4.69) is 20.9 Å². The maximum absolute atomic E-state index is 11.6.